The van der Waals surface area contributed by atoms with E-state index in [0.717, 1.165) is 11.1 Å². The van der Waals surface area contributed by atoms with E-state index >= 15 is 0 Å². The fraction of sp³-hybridized carbons (Fsp3) is 0.269. The van der Waals surface area contributed by atoms with Crippen molar-refractivity contribution in [1.82, 2.24) is 10.3 Å². The van der Waals surface area contributed by atoms with Gasteiger partial charge in [-0.15, -0.1) is 0 Å². The second kappa shape index (κ2) is 10.8. The lowest BCUT2D eigenvalue weighted by molar-refractivity contribution is -0.153. The Morgan fingerprint density at radius 3 is 2.54 bits per heavy atom. The molecular weight excluding hydrogens is 493 g/mol. The molecule has 11 heteroatoms. The van der Waals surface area contributed by atoms with Crippen molar-refractivity contribution in [2.45, 2.75) is 39.2 Å². The van der Waals surface area contributed by atoms with Gasteiger partial charge < -0.3 is 18.6 Å². The lowest BCUT2D eigenvalue weighted by Crippen LogP contribution is -2.23. The monoisotopic (exact) mass is 516 g/mol. The predicted octanol–water partition coefficient (Wildman–Crippen LogP) is 5.60. The number of amides is 2. The number of imide groups is 1. The van der Waals surface area contributed by atoms with E-state index in [-0.39, 0.29) is 18.8 Å². The fourth-order valence-corrected chi connectivity index (χ4v) is 3.48. The summed E-state index contributed by atoms with van der Waals surface area (Å²) in [5.41, 5.74) is 2.90. The molecule has 1 saturated heterocycles. The van der Waals surface area contributed by atoms with Gasteiger partial charge in [0.25, 0.3) is 5.91 Å². The number of halogens is 3. The number of alkyl halides is 3. The molecule has 0 spiro atoms. The molecule has 2 aromatic carbocycles. The van der Waals surface area contributed by atoms with Crippen molar-refractivity contribution in [1.29, 1.82) is 0 Å². The number of rotatable bonds is 9. The van der Waals surface area contributed by atoms with E-state index in [2.05, 4.69) is 10.3 Å². The first kappa shape index (κ1) is 25.8. The molecule has 37 heavy (non-hydrogen) atoms. The summed E-state index contributed by atoms with van der Waals surface area (Å²) in [5.74, 6) is 1.07. The molecule has 0 bridgehead atoms. The van der Waals surface area contributed by atoms with Crippen molar-refractivity contribution in [2.24, 2.45) is 0 Å². The third-order valence-corrected chi connectivity index (χ3v) is 5.47. The first-order valence-corrected chi connectivity index (χ1v) is 11.2. The summed E-state index contributed by atoms with van der Waals surface area (Å²) < 4.78 is 58.2. The zero-order valence-electron chi connectivity index (χ0n) is 19.9. The molecule has 1 N–H and O–H groups in total. The van der Waals surface area contributed by atoms with E-state index in [4.69, 9.17) is 18.6 Å². The molecule has 0 aliphatic carbocycles. The van der Waals surface area contributed by atoms with Crippen LogP contribution in [0.5, 0.6) is 11.5 Å². The predicted molar refractivity (Wildman–Crippen MR) is 126 cm³/mol. The number of oxazole rings is 1. The maximum Gasteiger partial charge on any atom is 0.422 e. The van der Waals surface area contributed by atoms with Gasteiger partial charge in [0.2, 0.25) is 5.89 Å². The second-order valence-corrected chi connectivity index (χ2v) is 8.27. The minimum atomic E-state index is -4.41. The Bertz CT molecular complexity index is 1310. The van der Waals surface area contributed by atoms with Crippen LogP contribution in [0.25, 0.3) is 17.0 Å². The van der Waals surface area contributed by atoms with Gasteiger partial charge in [0.05, 0.1) is 0 Å². The van der Waals surface area contributed by atoms with Crippen molar-refractivity contribution < 1.29 is 41.4 Å². The third kappa shape index (κ3) is 6.90. The number of nitrogens with one attached hydrogen (secondary N) is 1. The molecule has 194 valence electrons. The van der Waals surface area contributed by atoms with Crippen molar-refractivity contribution in [3.63, 3.8) is 0 Å². The number of aryl methyl sites for hydroxylation is 1. The summed E-state index contributed by atoms with van der Waals surface area (Å²) >= 11 is 0. The van der Waals surface area contributed by atoms with E-state index in [1.54, 1.807) is 25.1 Å². The van der Waals surface area contributed by atoms with Gasteiger partial charge in [0.15, 0.2) is 12.7 Å². The van der Waals surface area contributed by atoms with Gasteiger partial charge in [-0.2, -0.15) is 13.2 Å². The molecule has 1 atom stereocenters. The zero-order chi connectivity index (χ0) is 26.6. The van der Waals surface area contributed by atoms with Gasteiger partial charge in [0, 0.05) is 12.0 Å². The second-order valence-electron chi connectivity index (χ2n) is 8.27. The van der Waals surface area contributed by atoms with E-state index in [1.807, 2.05) is 31.2 Å². The number of benzene rings is 2. The molecule has 3 aromatic rings. The minimum Gasteiger partial charge on any atom is -0.487 e. The molecule has 1 aliphatic rings. The Hall–Kier alpha value is -4.28. The fourth-order valence-electron chi connectivity index (χ4n) is 3.48. The number of carbonyl (C=O) groups is 2. The van der Waals surface area contributed by atoms with Gasteiger partial charge >= 0.3 is 12.3 Å². The van der Waals surface area contributed by atoms with E-state index in [9.17, 15) is 22.8 Å². The average molecular weight is 516 g/mol. The molecule has 1 unspecified atom stereocenters. The average Bonchev–Trinajstić information content (AvgIpc) is 3.40. The number of ether oxygens (including phenoxy) is 3. The molecule has 8 nitrogen and oxygen atoms in total. The van der Waals surface area contributed by atoms with Crippen LogP contribution in [0.4, 0.5) is 18.0 Å². The topological polar surface area (TPSA) is 99.9 Å². The highest BCUT2D eigenvalue weighted by Crippen LogP contribution is 2.27. The van der Waals surface area contributed by atoms with Gasteiger partial charge in [-0.05, 0) is 61.4 Å². The standard InChI is InChI=1S/C26H23F3N2O6/c1-15(6-11-22-23(32)31-25(33)37-22)18-4-3-5-20(12-18)34-13-21-16(2)36-24(30-21)17-7-9-19(10-8-17)35-14-26(27,28)29/h3-10,12,22H,11,13-14H2,1-2H3,(H,31,32,33)/b15-6-. The van der Waals surface area contributed by atoms with Crippen molar-refractivity contribution >= 4 is 17.6 Å². The van der Waals surface area contributed by atoms with E-state index < -0.39 is 30.9 Å². The summed E-state index contributed by atoms with van der Waals surface area (Å²) in [6, 6.07) is 13.3. The number of alkyl carbamates (subject to hydrolysis) is 1. The number of hydrogen-bond acceptors (Lipinski definition) is 7. The van der Waals surface area contributed by atoms with Gasteiger partial charge in [-0.25, -0.2) is 9.78 Å². The quantitative estimate of drug-likeness (QED) is 0.395. The Balaban J connectivity index is 1.37. The highest BCUT2D eigenvalue weighted by Gasteiger charge is 2.31. The normalized spacial score (nSPS) is 15.9. The Kier molecular flexibility index (Phi) is 7.51. The van der Waals surface area contributed by atoms with Crippen LogP contribution in [0.1, 0.15) is 30.4 Å². The molecule has 2 heterocycles. The molecule has 1 aliphatic heterocycles. The van der Waals surface area contributed by atoms with E-state index in [0.29, 0.717) is 28.7 Å². The lowest BCUT2D eigenvalue weighted by Gasteiger charge is -2.09. The molecule has 1 fully saturated rings. The highest BCUT2D eigenvalue weighted by atomic mass is 19.4. The van der Waals surface area contributed by atoms with Crippen LogP contribution < -0.4 is 14.8 Å². The zero-order valence-corrected chi connectivity index (χ0v) is 19.9. The van der Waals surface area contributed by atoms with E-state index in [1.165, 1.54) is 12.1 Å². The molecule has 0 radical (unpaired) electrons. The minimum absolute atomic E-state index is 0.0876. The number of nitrogens with zero attached hydrogens (tertiary/aromatic N) is 1. The van der Waals surface area contributed by atoms with Crippen molar-refractivity contribution in [3.8, 4) is 23.0 Å². The summed E-state index contributed by atoms with van der Waals surface area (Å²) in [7, 11) is 0. The van der Waals surface area contributed by atoms with Crippen molar-refractivity contribution in [3.05, 3.63) is 71.6 Å². The molecule has 1 aromatic heterocycles. The molecular formula is C26H23F3N2O6. The van der Waals surface area contributed by atoms with Crippen LogP contribution in [0.3, 0.4) is 0 Å². The summed E-state index contributed by atoms with van der Waals surface area (Å²) in [6.45, 7) is 2.38. The summed E-state index contributed by atoms with van der Waals surface area (Å²) in [4.78, 5) is 27.2. The number of aromatic nitrogens is 1. The number of carbonyl (C=O) groups excluding carboxylic acids is 2. The number of cyclic esters (lactones) is 1. The van der Waals surface area contributed by atoms with Crippen LogP contribution >= 0.6 is 0 Å². The van der Waals surface area contributed by atoms with Crippen LogP contribution in [0.2, 0.25) is 0 Å². The largest absolute Gasteiger partial charge is 0.487 e. The van der Waals surface area contributed by atoms with Gasteiger partial charge in [0.1, 0.15) is 29.6 Å². The number of allylic oxidation sites excluding steroid dienone is 1. The van der Waals surface area contributed by atoms with Crippen LogP contribution in [0, 0.1) is 6.92 Å². The lowest BCUT2D eigenvalue weighted by atomic mass is 10.0. The number of hydrogen-bond donors (Lipinski definition) is 1. The van der Waals surface area contributed by atoms with Gasteiger partial charge in [-0.1, -0.05) is 18.2 Å². The maximum absolute atomic E-state index is 12.3. The summed E-state index contributed by atoms with van der Waals surface area (Å²) in [6.07, 6.45) is -3.92. The van der Waals surface area contributed by atoms with Crippen molar-refractivity contribution in [2.75, 3.05) is 6.61 Å². The SMILES string of the molecule is C/C(=C/CC1OC(=O)NC1=O)c1cccc(OCc2nc(-c3ccc(OCC(F)(F)F)cc3)oc2C)c1. The highest BCUT2D eigenvalue weighted by molar-refractivity contribution is 6.00. The van der Waals surface area contributed by atoms with Gasteiger partial charge in [-0.3, -0.25) is 10.1 Å². The Labute approximate surface area is 210 Å². The molecule has 2 amide bonds. The maximum atomic E-state index is 12.3. The first-order chi connectivity index (χ1) is 17.6. The third-order valence-electron chi connectivity index (χ3n) is 5.47. The summed E-state index contributed by atoms with van der Waals surface area (Å²) in [5, 5.41) is 2.09. The Morgan fingerprint density at radius 1 is 1.11 bits per heavy atom. The smallest absolute Gasteiger partial charge is 0.422 e. The first-order valence-electron chi connectivity index (χ1n) is 11.2. The Morgan fingerprint density at radius 2 is 1.86 bits per heavy atom. The molecule has 4 rings (SSSR count). The molecule has 0 saturated carbocycles. The van der Waals surface area contributed by atoms with Crippen LogP contribution in [-0.4, -0.2) is 35.9 Å². The van der Waals surface area contributed by atoms with Crippen LogP contribution in [-0.2, 0) is 16.1 Å². The van der Waals surface area contributed by atoms with Crippen LogP contribution in [0.15, 0.2) is 59.0 Å².